The summed E-state index contributed by atoms with van der Waals surface area (Å²) in [5.41, 5.74) is 0.516. The van der Waals surface area contributed by atoms with Gasteiger partial charge in [-0.15, -0.1) is 0 Å². The van der Waals surface area contributed by atoms with Crippen LogP contribution in [-0.2, 0) is 0 Å². The molecule has 7 nitrogen and oxygen atoms in total. The largest absolute Gasteiger partial charge is 0.489 e. The van der Waals surface area contributed by atoms with Crippen LogP contribution in [0.5, 0.6) is 5.75 Å². The third-order valence-electron chi connectivity index (χ3n) is 3.55. The molecule has 8 heteroatoms. The fraction of sp³-hybridized carbons (Fsp3) is 0.312. The number of benzene rings is 1. The van der Waals surface area contributed by atoms with Gasteiger partial charge in [-0.05, 0) is 39.0 Å². The lowest BCUT2D eigenvalue weighted by Gasteiger charge is -2.15. The van der Waals surface area contributed by atoms with Crippen LogP contribution in [0.25, 0.3) is 11.4 Å². The summed E-state index contributed by atoms with van der Waals surface area (Å²) >= 11 is 6.32. The van der Waals surface area contributed by atoms with Crippen molar-refractivity contribution in [1.82, 2.24) is 24.7 Å². The maximum absolute atomic E-state index is 11.3. The molecule has 3 rings (SSSR count). The highest BCUT2D eigenvalue weighted by molar-refractivity contribution is 6.32. The first-order chi connectivity index (χ1) is 11.5. The Morgan fingerprint density at radius 2 is 2.08 bits per heavy atom. The highest BCUT2D eigenvalue weighted by atomic mass is 35.5. The van der Waals surface area contributed by atoms with Crippen molar-refractivity contribution < 1.29 is 4.74 Å². The van der Waals surface area contributed by atoms with Crippen molar-refractivity contribution in [3.8, 4) is 17.1 Å². The molecule has 2 aromatic heterocycles. The minimum atomic E-state index is -0.336. The van der Waals surface area contributed by atoms with Gasteiger partial charge in [0.05, 0.1) is 17.2 Å². The molecule has 0 spiro atoms. The number of rotatable bonds is 5. The van der Waals surface area contributed by atoms with Gasteiger partial charge in [-0.25, -0.2) is 14.9 Å². The molecule has 0 amide bonds. The zero-order valence-electron chi connectivity index (χ0n) is 13.6. The van der Waals surface area contributed by atoms with E-state index in [4.69, 9.17) is 16.3 Å². The molecule has 24 heavy (non-hydrogen) atoms. The molecule has 1 aromatic carbocycles. The second kappa shape index (κ2) is 6.52. The molecule has 3 aromatic rings. The van der Waals surface area contributed by atoms with Gasteiger partial charge in [-0.2, -0.15) is 5.10 Å². The molecule has 0 unspecified atom stereocenters. The molecule has 126 valence electrons. The van der Waals surface area contributed by atoms with Crippen LogP contribution in [0, 0.1) is 0 Å². The maximum Gasteiger partial charge on any atom is 0.340 e. The van der Waals surface area contributed by atoms with Crippen LogP contribution in [0.4, 0.5) is 0 Å². The number of halogens is 1. The lowest BCUT2D eigenvalue weighted by molar-refractivity contribution is 0.242. The summed E-state index contributed by atoms with van der Waals surface area (Å²) < 4.78 is 7.57. The average Bonchev–Trinajstić information content (AvgIpc) is 3.17. The SMILES string of the molecule is CC(C)Oc1ccc(-c2nccn2[C@H](C)c2n[nH]c(=O)[nH]2)cc1Cl. The first-order valence-electron chi connectivity index (χ1n) is 7.59. The van der Waals surface area contributed by atoms with Crippen LogP contribution < -0.4 is 10.4 Å². The molecule has 0 saturated carbocycles. The molecule has 2 heterocycles. The van der Waals surface area contributed by atoms with Crippen LogP contribution in [0.3, 0.4) is 0 Å². The van der Waals surface area contributed by atoms with Gasteiger partial charge in [0.2, 0.25) is 0 Å². The van der Waals surface area contributed by atoms with Crippen molar-refractivity contribution in [1.29, 1.82) is 0 Å². The highest BCUT2D eigenvalue weighted by Gasteiger charge is 2.17. The summed E-state index contributed by atoms with van der Waals surface area (Å²) in [4.78, 5) is 18.3. The highest BCUT2D eigenvalue weighted by Crippen LogP contribution is 2.31. The number of hydrogen-bond donors (Lipinski definition) is 2. The Morgan fingerprint density at radius 1 is 1.29 bits per heavy atom. The van der Waals surface area contributed by atoms with E-state index in [9.17, 15) is 4.79 Å². The molecule has 0 aliphatic carbocycles. The first kappa shape index (κ1) is 16.3. The van der Waals surface area contributed by atoms with Crippen molar-refractivity contribution in [2.24, 2.45) is 0 Å². The van der Waals surface area contributed by atoms with E-state index in [2.05, 4.69) is 20.2 Å². The molecule has 0 fully saturated rings. The zero-order valence-corrected chi connectivity index (χ0v) is 14.3. The van der Waals surface area contributed by atoms with E-state index in [1.165, 1.54) is 0 Å². The van der Waals surface area contributed by atoms with Gasteiger partial charge in [0.1, 0.15) is 11.6 Å². The van der Waals surface area contributed by atoms with E-state index in [-0.39, 0.29) is 17.8 Å². The minimum Gasteiger partial charge on any atom is -0.489 e. The molecule has 0 bridgehead atoms. The second-order valence-electron chi connectivity index (χ2n) is 5.71. The number of imidazole rings is 1. The fourth-order valence-electron chi connectivity index (χ4n) is 2.45. The molecule has 0 radical (unpaired) electrons. The Bertz CT molecular complexity index is 896. The minimum absolute atomic E-state index is 0.0480. The Morgan fingerprint density at radius 3 is 2.71 bits per heavy atom. The van der Waals surface area contributed by atoms with E-state index < -0.39 is 0 Å². The number of aromatic nitrogens is 5. The van der Waals surface area contributed by atoms with Gasteiger partial charge in [0, 0.05) is 18.0 Å². The Hall–Kier alpha value is -2.54. The number of aromatic amines is 2. The number of ether oxygens (including phenoxy) is 1. The maximum atomic E-state index is 11.3. The van der Waals surface area contributed by atoms with Gasteiger partial charge in [0.25, 0.3) is 0 Å². The average molecular weight is 348 g/mol. The van der Waals surface area contributed by atoms with Gasteiger partial charge < -0.3 is 9.30 Å². The normalized spacial score (nSPS) is 12.5. The fourth-order valence-corrected chi connectivity index (χ4v) is 2.68. The standard InChI is InChI=1S/C16H18ClN5O2/c1-9(2)24-13-5-4-11(8-12(13)17)15-18-6-7-22(15)10(3)14-19-16(23)21-20-14/h4-10H,1-3H3,(H2,19,20,21,23)/t10-/m1/s1. The number of nitrogens with one attached hydrogen (secondary N) is 2. The third-order valence-corrected chi connectivity index (χ3v) is 3.85. The summed E-state index contributed by atoms with van der Waals surface area (Å²) in [5.74, 6) is 1.90. The van der Waals surface area contributed by atoms with Gasteiger partial charge >= 0.3 is 5.69 Å². The molecule has 0 saturated heterocycles. The lowest BCUT2D eigenvalue weighted by Crippen LogP contribution is -2.11. The predicted octanol–water partition coefficient (Wildman–Crippen LogP) is 3.01. The summed E-state index contributed by atoms with van der Waals surface area (Å²) in [6, 6.07) is 5.37. The van der Waals surface area contributed by atoms with E-state index in [1.807, 2.05) is 49.7 Å². The molecule has 1 atom stereocenters. The second-order valence-corrected chi connectivity index (χ2v) is 6.12. The topological polar surface area (TPSA) is 88.6 Å². The van der Waals surface area contributed by atoms with Crippen LogP contribution >= 0.6 is 11.6 Å². The van der Waals surface area contributed by atoms with E-state index in [1.54, 1.807) is 6.20 Å². The summed E-state index contributed by atoms with van der Waals surface area (Å²) in [5, 5.41) is 6.88. The molecule has 0 aliphatic rings. The Balaban J connectivity index is 1.95. The first-order valence-corrected chi connectivity index (χ1v) is 7.97. The summed E-state index contributed by atoms with van der Waals surface area (Å²) in [6.45, 7) is 5.82. The Labute approximate surface area is 143 Å². The van der Waals surface area contributed by atoms with Gasteiger partial charge in [0.15, 0.2) is 5.82 Å². The lowest BCUT2D eigenvalue weighted by atomic mass is 10.2. The smallest absolute Gasteiger partial charge is 0.340 e. The Kier molecular flexibility index (Phi) is 4.44. The third kappa shape index (κ3) is 3.21. The summed E-state index contributed by atoms with van der Waals surface area (Å²) in [7, 11) is 0. The van der Waals surface area contributed by atoms with Crippen molar-refractivity contribution in [3.63, 3.8) is 0 Å². The van der Waals surface area contributed by atoms with Crippen LogP contribution in [0.15, 0.2) is 35.4 Å². The molecule has 2 N–H and O–H groups in total. The van der Waals surface area contributed by atoms with Crippen LogP contribution in [-0.4, -0.2) is 30.8 Å². The molecular weight excluding hydrogens is 330 g/mol. The predicted molar refractivity (Wildman–Crippen MR) is 91.5 cm³/mol. The van der Waals surface area contributed by atoms with Crippen molar-refractivity contribution in [2.45, 2.75) is 32.9 Å². The quantitative estimate of drug-likeness (QED) is 0.742. The molecular formula is C16H18ClN5O2. The van der Waals surface area contributed by atoms with Crippen molar-refractivity contribution >= 4 is 11.6 Å². The van der Waals surface area contributed by atoms with Crippen LogP contribution in [0.1, 0.15) is 32.6 Å². The van der Waals surface area contributed by atoms with Crippen molar-refractivity contribution in [2.75, 3.05) is 0 Å². The van der Waals surface area contributed by atoms with E-state index in [0.29, 0.717) is 16.6 Å². The summed E-state index contributed by atoms with van der Waals surface area (Å²) in [6.07, 6.45) is 3.58. The number of H-pyrrole nitrogens is 2. The zero-order chi connectivity index (χ0) is 17.3. The van der Waals surface area contributed by atoms with Crippen molar-refractivity contribution in [3.05, 3.63) is 51.9 Å². The molecule has 0 aliphatic heterocycles. The van der Waals surface area contributed by atoms with Gasteiger partial charge in [-0.1, -0.05) is 11.6 Å². The van der Waals surface area contributed by atoms with E-state index >= 15 is 0 Å². The monoisotopic (exact) mass is 347 g/mol. The number of nitrogens with zero attached hydrogens (tertiary/aromatic N) is 3. The number of hydrogen-bond acceptors (Lipinski definition) is 4. The van der Waals surface area contributed by atoms with Gasteiger partial charge in [-0.3, -0.25) is 4.98 Å². The van der Waals surface area contributed by atoms with Crippen LogP contribution in [0.2, 0.25) is 5.02 Å². The van der Waals surface area contributed by atoms with E-state index in [0.717, 1.165) is 11.4 Å².